The third-order valence-corrected chi connectivity index (χ3v) is 24.6. The van der Waals surface area contributed by atoms with Crippen LogP contribution in [0, 0.1) is 0 Å². The Morgan fingerprint density at radius 3 is 1.78 bits per heavy atom. The number of rotatable bonds is 10. The molecule has 0 aliphatic carbocycles. The van der Waals surface area contributed by atoms with E-state index in [1.807, 2.05) is 0 Å². The van der Waals surface area contributed by atoms with E-state index >= 15 is 0 Å². The van der Waals surface area contributed by atoms with Gasteiger partial charge in [-0.15, -0.1) is 0 Å². The van der Waals surface area contributed by atoms with Gasteiger partial charge in [-0.1, -0.05) is 0 Å². The molecule has 0 aromatic heterocycles. The average Bonchev–Trinajstić information content (AvgIpc) is 2.93. The van der Waals surface area contributed by atoms with E-state index in [4.69, 9.17) is 0 Å². The molecule has 1 atom stereocenters. The molecule has 0 aromatic rings. The predicted octanol–water partition coefficient (Wildman–Crippen LogP) is 5.51. The van der Waals surface area contributed by atoms with Crippen molar-refractivity contribution >= 4 is 30.1 Å². The molecule has 0 spiro atoms. The Kier molecular flexibility index (Phi) is 8.90. The number of nitrogens with one attached hydrogen (secondary N) is 1. The fourth-order valence-corrected chi connectivity index (χ4v) is 24.0. The minimum absolute atomic E-state index is 0.837. The zero-order valence-corrected chi connectivity index (χ0v) is 16.2. The molecule has 0 saturated heterocycles. The van der Waals surface area contributed by atoms with Crippen molar-refractivity contribution in [2.45, 2.75) is 76.0 Å². The Bertz CT molecular complexity index is 213. The van der Waals surface area contributed by atoms with Crippen LogP contribution < -0.4 is 5.32 Å². The van der Waals surface area contributed by atoms with Crippen LogP contribution in [0.15, 0.2) is 11.6 Å². The Labute approximate surface area is 122 Å². The van der Waals surface area contributed by atoms with Crippen LogP contribution in [0.2, 0.25) is 13.3 Å². The molecule has 3 heteroatoms. The van der Waals surface area contributed by atoms with Gasteiger partial charge in [0.2, 0.25) is 0 Å². The number of hydrogen-bond donors (Lipinski definition) is 1. The zero-order valence-electron chi connectivity index (χ0n) is 12.5. The first-order valence-electron chi connectivity index (χ1n) is 7.85. The van der Waals surface area contributed by atoms with Gasteiger partial charge < -0.3 is 0 Å². The molecule has 18 heavy (non-hydrogen) atoms. The van der Waals surface area contributed by atoms with E-state index in [9.17, 15) is 0 Å². The molecule has 0 aromatic carbocycles. The van der Waals surface area contributed by atoms with Crippen molar-refractivity contribution in [3.05, 3.63) is 11.6 Å². The van der Waals surface area contributed by atoms with Crippen LogP contribution in [0.1, 0.15) is 59.3 Å². The van der Waals surface area contributed by atoms with Crippen LogP contribution >= 0.6 is 11.8 Å². The maximum atomic E-state index is 3.70. The molecule has 0 bridgehead atoms. The average molecular weight is 376 g/mol. The predicted molar refractivity (Wildman–Crippen MR) is 88.6 cm³/mol. The summed E-state index contributed by atoms with van der Waals surface area (Å²) in [4.78, 5) is 0. The number of hydrogen-bond acceptors (Lipinski definition) is 2. The Morgan fingerprint density at radius 1 is 0.944 bits per heavy atom. The van der Waals surface area contributed by atoms with Crippen molar-refractivity contribution in [3.63, 3.8) is 0 Å². The molecule has 1 nitrogen and oxygen atoms in total. The molecule has 1 heterocycles. The summed E-state index contributed by atoms with van der Waals surface area (Å²) < 4.78 is 5.66. The van der Waals surface area contributed by atoms with E-state index in [-0.39, 0.29) is 0 Å². The van der Waals surface area contributed by atoms with Crippen molar-refractivity contribution in [1.82, 2.24) is 5.32 Å². The van der Waals surface area contributed by atoms with Gasteiger partial charge in [0.15, 0.2) is 0 Å². The first-order valence-corrected chi connectivity index (χ1v) is 16.5. The summed E-state index contributed by atoms with van der Waals surface area (Å²) in [6.07, 6.45) is 10.8. The first kappa shape index (κ1) is 16.7. The van der Waals surface area contributed by atoms with Crippen LogP contribution in [0.25, 0.3) is 0 Å². The molecule has 0 fully saturated rings. The van der Waals surface area contributed by atoms with Crippen molar-refractivity contribution in [2.24, 2.45) is 0 Å². The summed E-state index contributed by atoms with van der Waals surface area (Å²) in [5, 5.41) is 5.99. The molecule has 1 N–H and O–H groups in total. The number of unbranched alkanes of at least 4 members (excludes halogenated alkanes) is 3. The second-order valence-corrected chi connectivity index (χ2v) is 21.6. The van der Waals surface area contributed by atoms with E-state index in [1.165, 1.54) is 38.5 Å². The molecule has 1 rings (SSSR count). The normalized spacial score (nSPS) is 19.2. The molecular formula is C15H31NSSn. The van der Waals surface area contributed by atoms with Gasteiger partial charge in [-0.25, -0.2) is 0 Å². The monoisotopic (exact) mass is 377 g/mol. The van der Waals surface area contributed by atoms with Crippen LogP contribution in [0.4, 0.5) is 0 Å². The summed E-state index contributed by atoms with van der Waals surface area (Å²) in [5.74, 6) is 0. The van der Waals surface area contributed by atoms with Crippen molar-refractivity contribution in [3.8, 4) is 0 Å². The fourth-order valence-electron chi connectivity index (χ4n) is 2.96. The third kappa shape index (κ3) is 4.99. The first-order chi connectivity index (χ1) is 8.79. The second-order valence-electron chi connectivity index (χ2n) is 5.66. The van der Waals surface area contributed by atoms with E-state index in [1.54, 1.807) is 13.3 Å². The van der Waals surface area contributed by atoms with E-state index in [0.717, 1.165) is 3.39 Å². The van der Waals surface area contributed by atoms with E-state index in [2.05, 4.69) is 49.5 Å². The summed E-state index contributed by atoms with van der Waals surface area (Å²) in [5.41, 5.74) is 0. The SMILES string of the molecule is CCC[CH2][Sn]([CH2]CCC)([CH2]CCC)[CH]1NC=CS1. The number of thioether (sulfide) groups is 1. The molecule has 0 amide bonds. The van der Waals surface area contributed by atoms with Crippen LogP contribution in [0.5, 0.6) is 0 Å². The van der Waals surface area contributed by atoms with Gasteiger partial charge in [0.1, 0.15) is 0 Å². The van der Waals surface area contributed by atoms with Crippen LogP contribution in [-0.2, 0) is 0 Å². The second kappa shape index (κ2) is 9.57. The molecule has 0 radical (unpaired) electrons. The minimum atomic E-state index is -1.99. The van der Waals surface area contributed by atoms with Crippen LogP contribution in [-0.4, -0.2) is 21.8 Å². The summed E-state index contributed by atoms with van der Waals surface area (Å²) in [7, 11) is 0. The van der Waals surface area contributed by atoms with Gasteiger partial charge in [0.05, 0.1) is 0 Å². The molecule has 1 unspecified atom stereocenters. The van der Waals surface area contributed by atoms with Crippen LogP contribution in [0.3, 0.4) is 0 Å². The fraction of sp³-hybridized carbons (Fsp3) is 0.867. The van der Waals surface area contributed by atoms with Gasteiger partial charge >= 0.3 is 123 Å². The van der Waals surface area contributed by atoms with Gasteiger partial charge in [0, 0.05) is 0 Å². The van der Waals surface area contributed by atoms with Crippen molar-refractivity contribution in [2.75, 3.05) is 0 Å². The summed E-state index contributed by atoms with van der Waals surface area (Å²) in [6, 6.07) is 0. The Balaban J connectivity index is 2.69. The molecular weight excluding hydrogens is 345 g/mol. The van der Waals surface area contributed by atoms with E-state index < -0.39 is 18.4 Å². The molecule has 1 aliphatic heterocycles. The zero-order chi connectivity index (χ0) is 13.3. The van der Waals surface area contributed by atoms with Crippen molar-refractivity contribution < 1.29 is 0 Å². The molecule has 106 valence electrons. The summed E-state index contributed by atoms with van der Waals surface area (Å²) >= 11 is 0.116. The van der Waals surface area contributed by atoms with Gasteiger partial charge in [-0.05, 0) is 0 Å². The Morgan fingerprint density at radius 2 is 1.44 bits per heavy atom. The quantitative estimate of drug-likeness (QED) is 0.505. The summed E-state index contributed by atoms with van der Waals surface area (Å²) in [6.45, 7) is 7.05. The maximum absolute atomic E-state index is 3.70. The van der Waals surface area contributed by atoms with Crippen molar-refractivity contribution in [1.29, 1.82) is 0 Å². The standard InChI is InChI=1S/3C4H9.C3H4NS.Sn/c3*1-3-4-2;1-2-5-3-4-1;/h3*1,3-4H2,2H3;1-4H;. The topological polar surface area (TPSA) is 12.0 Å². The van der Waals surface area contributed by atoms with Gasteiger partial charge in [-0.3, -0.25) is 0 Å². The third-order valence-electron chi connectivity index (χ3n) is 4.17. The van der Waals surface area contributed by atoms with E-state index in [0.29, 0.717) is 0 Å². The van der Waals surface area contributed by atoms with Gasteiger partial charge in [-0.2, -0.15) is 0 Å². The Hall–Kier alpha value is 0.689. The molecule has 0 saturated carbocycles. The molecule has 1 aliphatic rings. The van der Waals surface area contributed by atoms with Gasteiger partial charge in [0.25, 0.3) is 0 Å².